The van der Waals surface area contributed by atoms with Gasteiger partial charge in [-0.3, -0.25) is 4.72 Å². The first-order chi connectivity index (χ1) is 15.9. The van der Waals surface area contributed by atoms with Crippen molar-refractivity contribution < 1.29 is 22.6 Å². The molecule has 0 spiro atoms. The van der Waals surface area contributed by atoms with E-state index in [-0.39, 0.29) is 4.90 Å². The number of nitrogens with one attached hydrogen (secondary N) is 3. The van der Waals surface area contributed by atoms with Crippen molar-refractivity contribution in [3.63, 3.8) is 0 Å². The maximum atomic E-state index is 13.5. The van der Waals surface area contributed by atoms with Gasteiger partial charge in [0.1, 0.15) is 10.6 Å². The van der Waals surface area contributed by atoms with Crippen molar-refractivity contribution in [1.29, 1.82) is 0 Å². The number of nitrogens with zero attached hydrogens (tertiary/aromatic N) is 1. The molecule has 1 fully saturated rings. The molecule has 11 heteroatoms. The van der Waals surface area contributed by atoms with Gasteiger partial charge in [-0.25, -0.2) is 8.42 Å². The van der Waals surface area contributed by atoms with Crippen molar-refractivity contribution in [3.8, 4) is 5.75 Å². The maximum Gasteiger partial charge on any atom is 0.264 e. The van der Waals surface area contributed by atoms with Crippen LogP contribution < -0.4 is 25.0 Å². The molecule has 0 saturated carbocycles. The normalized spacial score (nSPS) is 13.9. The van der Waals surface area contributed by atoms with Crippen LogP contribution in [0.15, 0.2) is 47.4 Å². The Morgan fingerprint density at radius 2 is 1.91 bits per heavy atom. The van der Waals surface area contributed by atoms with Gasteiger partial charge >= 0.3 is 0 Å². The van der Waals surface area contributed by atoms with Gasteiger partial charge in [0.25, 0.3) is 10.0 Å². The highest BCUT2D eigenvalue weighted by atomic mass is 32.2. The lowest BCUT2D eigenvalue weighted by molar-refractivity contribution is 0.122. The highest BCUT2D eigenvalue weighted by molar-refractivity contribution is 7.93. The Kier molecular flexibility index (Phi) is 9.12. The number of benzene rings is 2. The van der Waals surface area contributed by atoms with Crippen LogP contribution in [0.1, 0.15) is 6.42 Å². The molecule has 1 heterocycles. The lowest BCUT2D eigenvalue weighted by Gasteiger charge is -2.30. The summed E-state index contributed by atoms with van der Waals surface area (Å²) in [5.41, 5.74) is 1.53. The van der Waals surface area contributed by atoms with Crippen molar-refractivity contribution in [2.45, 2.75) is 11.3 Å². The second-order valence-electron chi connectivity index (χ2n) is 7.31. The van der Waals surface area contributed by atoms with Crippen LogP contribution in [0.4, 0.5) is 17.1 Å². The van der Waals surface area contributed by atoms with E-state index in [4.69, 9.17) is 26.4 Å². The number of methoxy groups -OCH3 is 2. The molecule has 180 valence electrons. The Balaban J connectivity index is 1.88. The minimum absolute atomic E-state index is 0.141. The van der Waals surface area contributed by atoms with Crippen molar-refractivity contribution in [2.75, 3.05) is 68.6 Å². The monoisotopic (exact) mass is 494 g/mol. The van der Waals surface area contributed by atoms with Gasteiger partial charge in [0.05, 0.1) is 31.7 Å². The average molecular weight is 495 g/mol. The fourth-order valence-corrected chi connectivity index (χ4v) is 4.94. The van der Waals surface area contributed by atoms with Gasteiger partial charge in [0, 0.05) is 39.0 Å². The first-order valence-corrected chi connectivity index (χ1v) is 12.5. The minimum atomic E-state index is -3.94. The van der Waals surface area contributed by atoms with Gasteiger partial charge in [-0.05, 0) is 49.0 Å². The Labute approximate surface area is 200 Å². The number of ether oxygens (including phenoxy) is 3. The molecule has 33 heavy (non-hydrogen) atoms. The highest BCUT2D eigenvalue weighted by Gasteiger charge is 2.25. The molecule has 9 nitrogen and oxygen atoms in total. The van der Waals surface area contributed by atoms with E-state index in [1.165, 1.54) is 7.11 Å². The van der Waals surface area contributed by atoms with E-state index in [9.17, 15) is 8.42 Å². The summed E-state index contributed by atoms with van der Waals surface area (Å²) < 4.78 is 45.4. The molecule has 0 radical (unpaired) electrons. The van der Waals surface area contributed by atoms with Crippen LogP contribution in [0.25, 0.3) is 0 Å². The van der Waals surface area contributed by atoms with Crippen LogP contribution in [0.2, 0.25) is 0 Å². The van der Waals surface area contributed by atoms with Crippen molar-refractivity contribution in [3.05, 3.63) is 42.5 Å². The van der Waals surface area contributed by atoms with Gasteiger partial charge in [-0.2, -0.15) is 0 Å². The summed E-state index contributed by atoms with van der Waals surface area (Å²) in [5, 5.41) is 6.56. The summed E-state index contributed by atoms with van der Waals surface area (Å²) in [4.78, 5) is 2.15. The van der Waals surface area contributed by atoms with Crippen molar-refractivity contribution in [1.82, 2.24) is 5.32 Å². The predicted molar refractivity (Wildman–Crippen MR) is 134 cm³/mol. The fraction of sp³-hybridized carbons (Fsp3) is 0.409. The molecular weight excluding hydrogens is 464 g/mol. The second-order valence-corrected chi connectivity index (χ2v) is 9.37. The molecule has 3 N–H and O–H groups in total. The molecule has 0 bridgehead atoms. The van der Waals surface area contributed by atoms with E-state index in [0.717, 1.165) is 6.42 Å². The predicted octanol–water partition coefficient (Wildman–Crippen LogP) is 2.66. The van der Waals surface area contributed by atoms with Crippen LogP contribution in [0, 0.1) is 0 Å². The third kappa shape index (κ3) is 6.94. The molecular formula is C22H30N4O5S2. The topological polar surface area (TPSA) is 101 Å². The summed E-state index contributed by atoms with van der Waals surface area (Å²) >= 11 is 5.35. The Hall–Kier alpha value is -2.60. The van der Waals surface area contributed by atoms with Gasteiger partial charge in [-0.15, -0.1) is 0 Å². The number of sulfonamides is 1. The standard InChI is InChI=1S/C22H30N4O5S2/c1-29-13-5-10-23-22(32)24-17-8-9-19(26-11-14-31-15-12-26)21(16-17)33(27,28)25-18-6-3-4-7-20(18)30-2/h3-4,6-9,16,25H,5,10-15H2,1-2H3,(H2,23,24,32). The SMILES string of the molecule is COCCCNC(=S)Nc1ccc(N2CCOCC2)c(S(=O)(=O)Nc2ccccc2OC)c1. The molecule has 1 aliphatic heterocycles. The van der Waals surface area contributed by atoms with E-state index in [1.807, 2.05) is 11.0 Å². The van der Waals surface area contributed by atoms with Gasteiger partial charge in [0.2, 0.25) is 0 Å². The number of hydrogen-bond donors (Lipinski definition) is 3. The number of morpholine rings is 1. The zero-order valence-electron chi connectivity index (χ0n) is 18.8. The van der Waals surface area contributed by atoms with Crippen LogP contribution in [-0.4, -0.2) is 67.2 Å². The quantitative estimate of drug-likeness (QED) is 0.340. The van der Waals surface area contributed by atoms with Crippen LogP contribution in [-0.2, 0) is 19.5 Å². The molecule has 0 atom stereocenters. The number of para-hydroxylation sites is 2. The van der Waals surface area contributed by atoms with Crippen molar-refractivity contribution in [2.24, 2.45) is 0 Å². The summed E-state index contributed by atoms with van der Waals surface area (Å²) in [5.74, 6) is 0.435. The van der Waals surface area contributed by atoms with E-state index in [0.29, 0.717) is 67.4 Å². The van der Waals surface area contributed by atoms with Gasteiger partial charge < -0.3 is 29.7 Å². The zero-order valence-corrected chi connectivity index (χ0v) is 20.4. The minimum Gasteiger partial charge on any atom is -0.495 e. The average Bonchev–Trinajstić information content (AvgIpc) is 2.82. The maximum absolute atomic E-state index is 13.5. The van der Waals surface area contributed by atoms with Crippen molar-refractivity contribution >= 4 is 44.4 Å². The number of anilines is 3. The van der Waals surface area contributed by atoms with Gasteiger partial charge in [0.15, 0.2) is 5.11 Å². The largest absolute Gasteiger partial charge is 0.495 e. The summed E-state index contributed by atoms with van der Waals surface area (Å²) in [7, 11) is -0.797. The van der Waals surface area contributed by atoms with E-state index in [2.05, 4.69) is 15.4 Å². The van der Waals surface area contributed by atoms with Crippen LogP contribution in [0.3, 0.4) is 0 Å². The Morgan fingerprint density at radius 1 is 1.15 bits per heavy atom. The molecule has 1 aliphatic rings. The third-order valence-electron chi connectivity index (χ3n) is 5.02. The van der Waals surface area contributed by atoms with Gasteiger partial charge in [-0.1, -0.05) is 12.1 Å². The highest BCUT2D eigenvalue weighted by Crippen LogP contribution is 2.32. The summed E-state index contributed by atoms with van der Waals surface area (Å²) in [6.45, 7) is 3.55. The summed E-state index contributed by atoms with van der Waals surface area (Å²) in [6.07, 6.45) is 0.802. The Morgan fingerprint density at radius 3 is 2.64 bits per heavy atom. The smallest absolute Gasteiger partial charge is 0.264 e. The molecule has 3 rings (SSSR count). The lowest BCUT2D eigenvalue weighted by Crippen LogP contribution is -2.37. The fourth-order valence-electron chi connectivity index (χ4n) is 3.40. The molecule has 0 amide bonds. The molecule has 2 aromatic rings. The molecule has 2 aromatic carbocycles. The first kappa shape index (κ1) is 25.0. The molecule has 0 aromatic heterocycles. The second kappa shape index (κ2) is 12.0. The Bertz CT molecular complexity index is 1040. The molecule has 0 aliphatic carbocycles. The van der Waals surface area contributed by atoms with E-state index >= 15 is 0 Å². The number of rotatable bonds is 10. The summed E-state index contributed by atoms with van der Waals surface area (Å²) in [6, 6.07) is 12.1. The van der Waals surface area contributed by atoms with Crippen LogP contribution >= 0.6 is 12.2 Å². The third-order valence-corrected chi connectivity index (χ3v) is 6.66. The molecule has 1 saturated heterocycles. The number of thiocarbonyl (C=S) groups is 1. The van der Waals surface area contributed by atoms with E-state index in [1.54, 1.807) is 43.5 Å². The van der Waals surface area contributed by atoms with Crippen LogP contribution in [0.5, 0.6) is 5.75 Å². The zero-order chi connectivity index (χ0) is 23.7. The first-order valence-electron chi connectivity index (χ1n) is 10.6. The number of hydrogen-bond acceptors (Lipinski definition) is 7. The lowest BCUT2D eigenvalue weighted by atomic mass is 10.2. The van der Waals surface area contributed by atoms with E-state index < -0.39 is 10.0 Å². The molecule has 0 unspecified atom stereocenters.